The highest BCUT2D eigenvalue weighted by atomic mass is 32.2. The van der Waals surface area contributed by atoms with Crippen LogP contribution in [0.2, 0.25) is 0 Å². The monoisotopic (exact) mass is 408 g/mol. The van der Waals surface area contributed by atoms with Crippen molar-refractivity contribution in [1.82, 2.24) is 5.48 Å². The van der Waals surface area contributed by atoms with Crippen molar-refractivity contribution in [2.75, 3.05) is 24.3 Å². The van der Waals surface area contributed by atoms with E-state index in [-0.39, 0.29) is 4.90 Å². The number of benzene rings is 2. The SMILES string of the molecule is COc1ccc(S(=O)(=O)CC(O)(CN(C=O)c2ccccc2)C(=O)NO)cc1. The molecular weight excluding hydrogens is 388 g/mol. The van der Waals surface area contributed by atoms with E-state index in [9.17, 15) is 23.1 Å². The third-order valence-electron chi connectivity index (χ3n) is 4.02. The van der Waals surface area contributed by atoms with E-state index in [0.717, 1.165) is 4.90 Å². The number of nitrogens with zero attached hydrogens (tertiary/aromatic N) is 1. The lowest BCUT2D eigenvalue weighted by Crippen LogP contribution is -2.57. The molecule has 2 aromatic carbocycles. The maximum atomic E-state index is 12.7. The minimum Gasteiger partial charge on any atom is -0.497 e. The Labute approximate surface area is 162 Å². The van der Waals surface area contributed by atoms with Gasteiger partial charge in [-0.05, 0) is 36.4 Å². The number of methoxy groups -OCH3 is 1. The molecule has 0 saturated heterocycles. The number of ether oxygens (including phenoxy) is 1. The van der Waals surface area contributed by atoms with Gasteiger partial charge in [-0.15, -0.1) is 0 Å². The van der Waals surface area contributed by atoms with Gasteiger partial charge in [-0.3, -0.25) is 14.8 Å². The van der Waals surface area contributed by atoms with Crippen molar-refractivity contribution >= 4 is 27.8 Å². The average molecular weight is 408 g/mol. The van der Waals surface area contributed by atoms with Crippen LogP contribution in [-0.4, -0.2) is 56.1 Å². The van der Waals surface area contributed by atoms with Crippen molar-refractivity contribution in [2.45, 2.75) is 10.5 Å². The third kappa shape index (κ3) is 4.85. The number of carbonyl (C=O) groups is 2. The Morgan fingerprint density at radius 2 is 1.79 bits per heavy atom. The van der Waals surface area contributed by atoms with Crippen LogP contribution in [0.25, 0.3) is 0 Å². The number of nitrogens with one attached hydrogen (secondary N) is 1. The molecule has 2 aromatic rings. The second-order valence-corrected chi connectivity index (χ2v) is 7.97. The first-order valence-electron chi connectivity index (χ1n) is 8.06. The second-order valence-electron chi connectivity index (χ2n) is 5.98. The van der Waals surface area contributed by atoms with Crippen LogP contribution in [0.5, 0.6) is 5.75 Å². The number of carbonyl (C=O) groups excluding carboxylic acids is 2. The quantitative estimate of drug-likeness (QED) is 0.310. The Hall–Kier alpha value is -2.95. The molecule has 2 amide bonds. The molecule has 10 heteroatoms. The minimum atomic E-state index is -4.15. The first-order chi connectivity index (χ1) is 13.3. The summed E-state index contributed by atoms with van der Waals surface area (Å²) in [6, 6.07) is 13.4. The second kappa shape index (κ2) is 8.83. The summed E-state index contributed by atoms with van der Waals surface area (Å²) in [5, 5.41) is 19.7. The fraction of sp³-hybridized carbons (Fsp3) is 0.222. The van der Waals surface area contributed by atoms with Gasteiger partial charge in [0.05, 0.1) is 24.3 Å². The molecule has 1 unspecified atom stereocenters. The van der Waals surface area contributed by atoms with Gasteiger partial charge in [-0.25, -0.2) is 13.9 Å². The van der Waals surface area contributed by atoms with Gasteiger partial charge in [0.15, 0.2) is 15.4 Å². The Morgan fingerprint density at radius 1 is 1.18 bits per heavy atom. The molecule has 0 fully saturated rings. The van der Waals surface area contributed by atoms with Gasteiger partial charge in [0, 0.05) is 5.69 Å². The van der Waals surface area contributed by atoms with Crippen molar-refractivity contribution in [3.63, 3.8) is 0 Å². The van der Waals surface area contributed by atoms with E-state index in [2.05, 4.69) is 0 Å². The Morgan fingerprint density at radius 3 is 2.29 bits per heavy atom. The van der Waals surface area contributed by atoms with Crippen LogP contribution in [0.3, 0.4) is 0 Å². The smallest absolute Gasteiger partial charge is 0.278 e. The van der Waals surface area contributed by atoms with E-state index in [1.54, 1.807) is 30.3 Å². The van der Waals surface area contributed by atoms with Crippen LogP contribution in [0.15, 0.2) is 59.5 Å². The Bertz CT molecular complexity index is 917. The van der Waals surface area contributed by atoms with Crippen LogP contribution in [0, 0.1) is 0 Å². The number of anilines is 1. The van der Waals surface area contributed by atoms with Crippen LogP contribution in [0.1, 0.15) is 0 Å². The molecule has 0 aliphatic rings. The summed E-state index contributed by atoms with van der Waals surface area (Å²) in [7, 11) is -2.73. The molecule has 0 spiro atoms. The van der Waals surface area contributed by atoms with Gasteiger partial charge in [0.2, 0.25) is 6.41 Å². The van der Waals surface area contributed by atoms with Gasteiger partial charge >= 0.3 is 0 Å². The Kier molecular flexibility index (Phi) is 6.73. The number of sulfone groups is 1. The topological polar surface area (TPSA) is 133 Å². The number of hydroxylamine groups is 1. The van der Waals surface area contributed by atoms with Gasteiger partial charge in [-0.2, -0.15) is 0 Å². The lowest BCUT2D eigenvalue weighted by atomic mass is 10.1. The van der Waals surface area contributed by atoms with Gasteiger partial charge in [-0.1, -0.05) is 18.2 Å². The lowest BCUT2D eigenvalue weighted by molar-refractivity contribution is -0.145. The number of hydrogen-bond acceptors (Lipinski definition) is 7. The van der Waals surface area contributed by atoms with E-state index in [0.29, 0.717) is 17.8 Å². The predicted molar refractivity (Wildman–Crippen MR) is 99.8 cm³/mol. The molecule has 0 aliphatic carbocycles. The molecule has 0 aromatic heterocycles. The maximum absolute atomic E-state index is 12.7. The van der Waals surface area contributed by atoms with Crippen LogP contribution in [-0.2, 0) is 19.4 Å². The molecule has 0 bridgehead atoms. The standard InChI is InChI=1S/C18H20N2O7S/c1-27-15-7-9-16(10-8-15)28(25,26)12-18(23,17(22)19-24)11-20(13-21)14-5-3-2-4-6-14/h2-10,13,23-24H,11-12H2,1H3,(H,19,22). The van der Waals surface area contributed by atoms with Crippen molar-refractivity contribution in [1.29, 1.82) is 0 Å². The molecule has 0 aliphatic heterocycles. The molecule has 0 heterocycles. The summed E-state index contributed by atoms with van der Waals surface area (Å²) in [4.78, 5) is 24.4. The molecule has 1 atom stereocenters. The van der Waals surface area contributed by atoms with Crippen molar-refractivity contribution in [2.24, 2.45) is 0 Å². The molecule has 28 heavy (non-hydrogen) atoms. The highest BCUT2D eigenvalue weighted by molar-refractivity contribution is 7.91. The number of amides is 2. The lowest BCUT2D eigenvalue weighted by Gasteiger charge is -2.30. The number of rotatable bonds is 9. The summed E-state index contributed by atoms with van der Waals surface area (Å²) in [5.41, 5.74) is -1.01. The molecule has 2 rings (SSSR count). The number of hydrogen-bond donors (Lipinski definition) is 3. The fourth-order valence-electron chi connectivity index (χ4n) is 2.56. The van der Waals surface area contributed by atoms with E-state index < -0.39 is 33.6 Å². The van der Waals surface area contributed by atoms with E-state index in [1.165, 1.54) is 36.9 Å². The van der Waals surface area contributed by atoms with Gasteiger partial charge in [0.25, 0.3) is 5.91 Å². The molecule has 150 valence electrons. The zero-order chi connectivity index (χ0) is 20.8. The van der Waals surface area contributed by atoms with Crippen molar-refractivity contribution < 1.29 is 33.1 Å². The van der Waals surface area contributed by atoms with Crippen LogP contribution < -0.4 is 15.1 Å². The zero-order valence-corrected chi connectivity index (χ0v) is 15.8. The van der Waals surface area contributed by atoms with E-state index >= 15 is 0 Å². The zero-order valence-electron chi connectivity index (χ0n) is 15.0. The van der Waals surface area contributed by atoms with Crippen molar-refractivity contribution in [3.05, 3.63) is 54.6 Å². The van der Waals surface area contributed by atoms with Crippen molar-refractivity contribution in [3.8, 4) is 5.75 Å². The number of aliphatic hydroxyl groups is 1. The largest absolute Gasteiger partial charge is 0.497 e. The molecule has 9 nitrogen and oxygen atoms in total. The highest BCUT2D eigenvalue weighted by Crippen LogP contribution is 2.23. The summed E-state index contributed by atoms with van der Waals surface area (Å²) >= 11 is 0. The minimum absolute atomic E-state index is 0.158. The van der Waals surface area contributed by atoms with Gasteiger partial charge < -0.3 is 14.7 Å². The number of para-hydroxylation sites is 1. The first kappa shape index (κ1) is 21.4. The Balaban J connectivity index is 2.35. The molecule has 0 saturated carbocycles. The highest BCUT2D eigenvalue weighted by Gasteiger charge is 2.43. The summed E-state index contributed by atoms with van der Waals surface area (Å²) in [6.45, 7) is -0.692. The molecular formula is C18H20N2O7S. The molecule has 0 radical (unpaired) electrons. The summed E-state index contributed by atoms with van der Waals surface area (Å²) < 4.78 is 30.4. The first-order valence-corrected chi connectivity index (χ1v) is 9.72. The summed E-state index contributed by atoms with van der Waals surface area (Å²) in [5.74, 6) is -1.98. The third-order valence-corrected chi connectivity index (χ3v) is 5.87. The normalized spacial score (nSPS) is 13.2. The predicted octanol–water partition coefficient (Wildman–Crippen LogP) is 0.368. The molecule has 3 N–H and O–H groups in total. The fourth-order valence-corrected chi connectivity index (χ4v) is 4.13. The van der Waals surface area contributed by atoms with Gasteiger partial charge in [0.1, 0.15) is 5.75 Å². The average Bonchev–Trinajstić information content (AvgIpc) is 2.71. The van der Waals surface area contributed by atoms with E-state index in [1.807, 2.05) is 0 Å². The summed E-state index contributed by atoms with van der Waals surface area (Å²) in [6.07, 6.45) is 0.352. The van der Waals surface area contributed by atoms with Crippen LogP contribution in [0.4, 0.5) is 5.69 Å². The van der Waals surface area contributed by atoms with E-state index in [4.69, 9.17) is 9.94 Å². The maximum Gasteiger partial charge on any atom is 0.278 e. The van der Waals surface area contributed by atoms with Crippen LogP contribution >= 0.6 is 0 Å².